The van der Waals surface area contributed by atoms with Gasteiger partial charge in [-0.2, -0.15) is 0 Å². The maximum absolute atomic E-state index is 12.9. The molecule has 9 heteroatoms. The van der Waals surface area contributed by atoms with Crippen LogP contribution in [0.4, 0.5) is 0 Å². The van der Waals surface area contributed by atoms with Crippen LogP contribution in [0.1, 0.15) is 271 Å². The van der Waals surface area contributed by atoms with Crippen LogP contribution in [0.3, 0.4) is 0 Å². The molecule has 2 unspecified atom stereocenters. The van der Waals surface area contributed by atoms with Crippen LogP contribution in [-0.2, 0) is 33.3 Å². The van der Waals surface area contributed by atoms with Crippen molar-refractivity contribution >= 4 is 17.9 Å². The van der Waals surface area contributed by atoms with Gasteiger partial charge >= 0.3 is 17.9 Å². The maximum atomic E-state index is 12.9. The third-order valence-electron chi connectivity index (χ3n) is 13.3. The fourth-order valence-electron chi connectivity index (χ4n) is 8.63. The molecule has 0 heterocycles. The van der Waals surface area contributed by atoms with E-state index in [9.17, 15) is 19.5 Å². The average Bonchev–Trinajstić information content (AvgIpc) is 3.36. The number of unbranched alkanes of at least 4 members (excludes halogenated alkanes) is 31. The summed E-state index contributed by atoms with van der Waals surface area (Å²) in [6.07, 6.45) is 67.3. The normalized spacial score (nSPS) is 13.2. The van der Waals surface area contributed by atoms with Gasteiger partial charge in [-0.25, -0.2) is 4.79 Å². The summed E-state index contributed by atoms with van der Waals surface area (Å²) in [5, 5.41) is 9.71. The minimum atomic E-state index is -1.51. The number of ether oxygens (including phenoxy) is 4. The fourth-order valence-corrected chi connectivity index (χ4v) is 8.63. The number of carboxylic acid groups (broad SMARTS) is 1. The van der Waals surface area contributed by atoms with Gasteiger partial charge in [-0.05, 0) is 57.8 Å². The first-order valence-corrected chi connectivity index (χ1v) is 30.5. The molecule has 0 amide bonds. The number of hydrogen-bond donors (Lipinski definition) is 1. The highest BCUT2D eigenvalue weighted by molar-refractivity contribution is 5.71. The van der Waals surface area contributed by atoms with Crippen LogP contribution in [0.25, 0.3) is 0 Å². The molecule has 0 spiro atoms. The van der Waals surface area contributed by atoms with E-state index in [1.165, 1.54) is 173 Å². The van der Waals surface area contributed by atoms with Crippen LogP contribution in [0.15, 0.2) is 60.8 Å². The van der Waals surface area contributed by atoms with E-state index in [1.807, 2.05) is 21.1 Å². The van der Waals surface area contributed by atoms with Crippen molar-refractivity contribution < 1.29 is 42.9 Å². The molecule has 2 atom stereocenters. The van der Waals surface area contributed by atoms with Crippen molar-refractivity contribution in [2.24, 2.45) is 0 Å². The van der Waals surface area contributed by atoms with E-state index >= 15 is 0 Å². The predicted molar refractivity (Wildman–Crippen MR) is 309 cm³/mol. The van der Waals surface area contributed by atoms with Gasteiger partial charge < -0.3 is 28.5 Å². The highest BCUT2D eigenvalue weighted by atomic mass is 16.7. The molecule has 0 aromatic rings. The number of hydrogen-bond acceptors (Lipinski definition) is 7. The fraction of sp³-hybridized carbons (Fsp3) is 0.797. The molecule has 0 bridgehead atoms. The molecule has 424 valence electrons. The summed E-state index contributed by atoms with van der Waals surface area (Å²) in [7, 11) is 5.97. The zero-order valence-corrected chi connectivity index (χ0v) is 48.3. The second-order valence-corrected chi connectivity index (χ2v) is 21.6. The summed E-state index contributed by atoms with van der Waals surface area (Å²) in [6.45, 7) is 4.80. The Morgan fingerprint density at radius 1 is 0.425 bits per heavy atom. The highest BCUT2D eigenvalue weighted by Gasteiger charge is 2.25. The van der Waals surface area contributed by atoms with Gasteiger partial charge in [0.1, 0.15) is 13.2 Å². The molecule has 0 radical (unpaired) electrons. The molecule has 9 nitrogen and oxygen atoms in total. The Kier molecular flexibility index (Phi) is 53.0. The molecule has 1 N–H and O–H groups in total. The molecule has 0 fully saturated rings. The van der Waals surface area contributed by atoms with Crippen molar-refractivity contribution in [1.29, 1.82) is 0 Å². The summed E-state index contributed by atoms with van der Waals surface area (Å²) in [4.78, 5) is 37.5. The summed E-state index contributed by atoms with van der Waals surface area (Å²) in [6, 6.07) is 0. The van der Waals surface area contributed by atoms with E-state index in [0.717, 1.165) is 70.6 Å². The summed E-state index contributed by atoms with van der Waals surface area (Å²) >= 11 is 0. The number of allylic oxidation sites excluding steroid dienone is 10. The Labute approximate surface area is 450 Å². The van der Waals surface area contributed by atoms with Crippen molar-refractivity contribution in [3.8, 4) is 0 Å². The minimum absolute atomic E-state index is 0.180. The van der Waals surface area contributed by atoms with E-state index in [4.69, 9.17) is 18.9 Å². The lowest BCUT2D eigenvalue weighted by Gasteiger charge is -2.25. The van der Waals surface area contributed by atoms with Crippen molar-refractivity contribution in [1.82, 2.24) is 0 Å². The molecule has 0 aliphatic heterocycles. The lowest BCUT2D eigenvalue weighted by atomic mass is 10.0. The Bertz CT molecular complexity index is 1380. The summed E-state index contributed by atoms with van der Waals surface area (Å²) in [5.74, 6) is -1.99. The zero-order chi connectivity index (χ0) is 53.4. The smallest absolute Gasteiger partial charge is 0.361 e. The van der Waals surface area contributed by atoms with Gasteiger partial charge in [0.15, 0.2) is 6.10 Å². The van der Waals surface area contributed by atoms with Crippen LogP contribution in [-0.4, -0.2) is 87.4 Å². The topological polar surface area (TPSA) is 108 Å². The van der Waals surface area contributed by atoms with Gasteiger partial charge in [-0.1, -0.05) is 261 Å². The van der Waals surface area contributed by atoms with Crippen LogP contribution in [0, 0.1) is 0 Å². The SMILES string of the molecule is CC/C=C\C/C=C\C/C=C\C/C=C\C/C=C\CCCCCCCCCCCCCCCC(=O)OC(COC(=O)CCCCCCCCCCCCCCCCCCCCC)COC(OCC[N+](C)(C)C)C(=O)O. The van der Waals surface area contributed by atoms with Crippen LogP contribution in [0.2, 0.25) is 0 Å². The molecule has 0 aromatic heterocycles. The number of carboxylic acids is 1. The zero-order valence-electron chi connectivity index (χ0n) is 48.3. The van der Waals surface area contributed by atoms with E-state index < -0.39 is 24.3 Å². The number of nitrogens with zero attached hydrogens (tertiary/aromatic N) is 1. The van der Waals surface area contributed by atoms with E-state index in [0.29, 0.717) is 17.4 Å². The number of likely N-dealkylation sites (N-methyl/N-ethyl adjacent to an activating group) is 1. The second-order valence-electron chi connectivity index (χ2n) is 21.6. The molecule has 0 saturated carbocycles. The van der Waals surface area contributed by atoms with Gasteiger partial charge in [0.2, 0.25) is 0 Å². The summed E-state index contributed by atoms with van der Waals surface area (Å²) < 4.78 is 22.9. The van der Waals surface area contributed by atoms with Gasteiger partial charge in [0.05, 0.1) is 34.4 Å². The number of rotatable bonds is 56. The predicted octanol–water partition coefficient (Wildman–Crippen LogP) is 18.0. The Hall–Kier alpha value is -3.01. The van der Waals surface area contributed by atoms with Crippen LogP contribution in [0.5, 0.6) is 0 Å². The molecular weight excluding hydrogens is 911 g/mol. The number of esters is 2. The number of aliphatic carboxylic acids is 1. The largest absolute Gasteiger partial charge is 0.477 e. The highest BCUT2D eigenvalue weighted by Crippen LogP contribution is 2.17. The minimum Gasteiger partial charge on any atom is -0.477 e. The third-order valence-corrected chi connectivity index (χ3v) is 13.3. The van der Waals surface area contributed by atoms with E-state index in [2.05, 4.69) is 74.6 Å². The second kappa shape index (κ2) is 55.2. The van der Waals surface area contributed by atoms with E-state index in [1.54, 1.807) is 0 Å². The number of carbonyl (C=O) groups is 3. The third kappa shape index (κ3) is 56.6. The Balaban J connectivity index is 4.18. The van der Waals surface area contributed by atoms with Gasteiger partial charge in [-0.3, -0.25) is 9.59 Å². The molecule has 0 aliphatic carbocycles. The average molecular weight is 1030 g/mol. The Morgan fingerprint density at radius 2 is 0.781 bits per heavy atom. The number of quaternary nitrogens is 1. The number of carbonyl (C=O) groups excluding carboxylic acids is 2. The van der Waals surface area contributed by atoms with Crippen molar-refractivity contribution in [2.75, 3.05) is 47.5 Å². The molecule has 0 saturated heterocycles. The molecule has 0 aliphatic rings. The first-order valence-electron chi connectivity index (χ1n) is 30.5. The van der Waals surface area contributed by atoms with Crippen molar-refractivity contribution in [3.63, 3.8) is 0 Å². The first-order chi connectivity index (χ1) is 35.6. The van der Waals surface area contributed by atoms with Crippen LogP contribution >= 0.6 is 0 Å². The van der Waals surface area contributed by atoms with Gasteiger partial charge in [0, 0.05) is 12.8 Å². The van der Waals surface area contributed by atoms with Gasteiger partial charge in [-0.15, -0.1) is 0 Å². The standard InChI is InChI=1S/C64H115NO8/c1-6-8-10-12-14-16-18-20-22-24-26-27-28-29-30-31-32-33-34-35-37-39-41-43-45-47-49-51-53-55-62(67)73-60(59-72-64(63(68)69)70-57-56-65(3,4)5)58-71-61(66)54-52-50-48-46-44-42-40-38-36-25-23-21-19-17-15-13-11-9-7-2/h8,10,14,16,20,22,26-27,29-30,60,64H,6-7,9,11-13,15,17-19,21,23-25,28,31-59H2,1-5H3/p+1/b10-8-,16-14-,22-20-,27-26-,30-29-. The molecule has 0 rings (SSSR count). The van der Waals surface area contributed by atoms with Crippen molar-refractivity contribution in [2.45, 2.75) is 283 Å². The Morgan fingerprint density at radius 3 is 1.16 bits per heavy atom. The quantitative estimate of drug-likeness (QED) is 0.0211. The molecule has 73 heavy (non-hydrogen) atoms. The van der Waals surface area contributed by atoms with Crippen molar-refractivity contribution in [3.05, 3.63) is 60.8 Å². The molecule has 0 aromatic carbocycles. The molecular formula is C64H116NO8+. The van der Waals surface area contributed by atoms with Gasteiger partial charge in [0.25, 0.3) is 6.29 Å². The maximum Gasteiger partial charge on any atom is 0.361 e. The lowest BCUT2D eigenvalue weighted by Crippen LogP contribution is -2.40. The monoisotopic (exact) mass is 1030 g/mol. The first kappa shape index (κ1) is 70.0. The van der Waals surface area contributed by atoms with Crippen LogP contribution < -0.4 is 0 Å². The summed E-state index contributed by atoms with van der Waals surface area (Å²) in [5.41, 5.74) is 0. The lowest BCUT2D eigenvalue weighted by molar-refractivity contribution is -0.870. The van der Waals surface area contributed by atoms with E-state index in [-0.39, 0.29) is 32.2 Å².